The summed E-state index contributed by atoms with van der Waals surface area (Å²) in [6, 6.07) is 17.1. The molecule has 3 amide bonds. The zero-order valence-electron chi connectivity index (χ0n) is 22.9. The number of nitrogens with one attached hydrogen (secondary N) is 4. The molecule has 10 nitrogen and oxygen atoms in total. The number of carbonyl (C=O) groups excluding carboxylic acids is 2. The van der Waals surface area contributed by atoms with E-state index in [1.54, 1.807) is 17.3 Å². The summed E-state index contributed by atoms with van der Waals surface area (Å²) < 4.78 is 0. The number of rotatable bonds is 4. The quantitative estimate of drug-likeness (QED) is 0.220. The van der Waals surface area contributed by atoms with E-state index in [9.17, 15) is 9.59 Å². The molecule has 2 aliphatic heterocycles. The van der Waals surface area contributed by atoms with Gasteiger partial charge in [0.15, 0.2) is 5.82 Å². The van der Waals surface area contributed by atoms with Crippen molar-refractivity contribution < 1.29 is 9.59 Å². The Labute approximate surface area is 248 Å². The second kappa shape index (κ2) is 12.4. The standard InChI is InChI=1S/C31H31ClN8O2/c32-26-18-34-30-36-25-13-20(16-33-17-25)8-9-22-15-24(35-29(26)39-30)10-11-27(22)38-28(41)14-21-5-4-12-40(19-21)31(42)37-23-6-2-1-3-7-23/h1-3,6-7,10-11,13,15-18,21H,4-5,8-9,12,14,19H2,(H,37,42)(H,38,41)(H2,34,35,36,39)/t21-/m1/s1. The number of urea groups is 1. The lowest BCUT2D eigenvalue weighted by molar-refractivity contribution is -0.117. The number of para-hydroxylation sites is 1. The van der Waals surface area contributed by atoms with Crippen molar-refractivity contribution in [1.29, 1.82) is 0 Å². The average Bonchev–Trinajstić information content (AvgIpc) is 3.00. The van der Waals surface area contributed by atoms with Crippen LogP contribution in [0.25, 0.3) is 0 Å². The van der Waals surface area contributed by atoms with E-state index in [1.807, 2.05) is 60.8 Å². The van der Waals surface area contributed by atoms with Crippen LogP contribution in [0.3, 0.4) is 0 Å². The fourth-order valence-corrected chi connectivity index (χ4v) is 5.49. The number of pyridine rings is 1. The van der Waals surface area contributed by atoms with E-state index in [-0.39, 0.29) is 17.9 Å². The molecule has 42 heavy (non-hydrogen) atoms. The number of halogens is 1. The number of hydrogen-bond donors (Lipinski definition) is 4. The minimum atomic E-state index is -0.134. The van der Waals surface area contributed by atoms with Gasteiger partial charge >= 0.3 is 6.03 Å². The third-order valence-corrected chi connectivity index (χ3v) is 7.70. The lowest BCUT2D eigenvalue weighted by atomic mass is 9.94. The minimum absolute atomic E-state index is 0.0680. The van der Waals surface area contributed by atoms with Gasteiger partial charge in [-0.05, 0) is 79.1 Å². The average molecular weight is 583 g/mol. The zero-order valence-corrected chi connectivity index (χ0v) is 23.7. The van der Waals surface area contributed by atoms with Crippen LogP contribution in [0.5, 0.6) is 0 Å². The Hall–Kier alpha value is -4.70. The van der Waals surface area contributed by atoms with Crippen LogP contribution in [0.15, 0.2) is 73.2 Å². The number of hydrogen-bond acceptors (Lipinski definition) is 7. The zero-order chi connectivity index (χ0) is 28.9. The minimum Gasteiger partial charge on any atom is -0.339 e. The number of amides is 3. The van der Waals surface area contributed by atoms with Crippen LogP contribution in [-0.2, 0) is 17.6 Å². The highest BCUT2D eigenvalue weighted by Gasteiger charge is 2.26. The van der Waals surface area contributed by atoms with E-state index in [0.29, 0.717) is 42.7 Å². The van der Waals surface area contributed by atoms with Crippen molar-refractivity contribution in [2.24, 2.45) is 5.92 Å². The Morgan fingerprint density at radius 2 is 1.86 bits per heavy atom. The van der Waals surface area contributed by atoms with Crippen LogP contribution in [0.4, 0.5) is 39.3 Å². The second-order valence-corrected chi connectivity index (χ2v) is 11.0. The van der Waals surface area contributed by atoms with Gasteiger partial charge in [0.05, 0.1) is 18.1 Å². The van der Waals surface area contributed by atoms with Gasteiger partial charge < -0.3 is 26.2 Å². The van der Waals surface area contributed by atoms with Crippen LogP contribution < -0.4 is 21.3 Å². The van der Waals surface area contributed by atoms with Gasteiger partial charge in [-0.25, -0.2) is 9.78 Å². The number of fused-ring (bicyclic) bond motifs is 6. The molecule has 214 valence electrons. The maximum atomic E-state index is 13.2. The molecule has 2 aromatic heterocycles. The first-order chi connectivity index (χ1) is 20.5. The molecule has 6 rings (SSSR count). The van der Waals surface area contributed by atoms with Crippen molar-refractivity contribution in [2.45, 2.75) is 32.1 Å². The summed E-state index contributed by atoms with van der Waals surface area (Å²) in [5, 5.41) is 12.9. The Morgan fingerprint density at radius 1 is 0.976 bits per heavy atom. The highest BCUT2D eigenvalue weighted by atomic mass is 35.5. The SMILES string of the molecule is O=C(C[C@H]1CCCN(C(=O)Nc2ccccc2)C1)Nc1ccc2cc1CCc1cncc(c1)Nc1ncc(Cl)c(n1)N2. The molecule has 4 aromatic rings. The molecule has 4 N–H and O–H groups in total. The van der Waals surface area contributed by atoms with E-state index < -0.39 is 0 Å². The van der Waals surface area contributed by atoms with Gasteiger partial charge in [-0.15, -0.1) is 0 Å². The number of carbonyl (C=O) groups is 2. The molecule has 0 radical (unpaired) electrons. The van der Waals surface area contributed by atoms with Gasteiger partial charge in [0, 0.05) is 42.8 Å². The first kappa shape index (κ1) is 27.5. The first-order valence-corrected chi connectivity index (χ1v) is 14.4. The molecule has 2 aromatic carbocycles. The number of piperidine rings is 1. The van der Waals surface area contributed by atoms with Crippen molar-refractivity contribution in [2.75, 3.05) is 34.4 Å². The number of anilines is 6. The summed E-state index contributed by atoms with van der Waals surface area (Å²) in [7, 11) is 0. The van der Waals surface area contributed by atoms with Crippen molar-refractivity contribution in [1.82, 2.24) is 19.9 Å². The third-order valence-electron chi connectivity index (χ3n) is 7.43. The molecule has 0 saturated carbocycles. The third kappa shape index (κ3) is 6.77. The lowest BCUT2D eigenvalue weighted by Crippen LogP contribution is -2.43. The van der Waals surface area contributed by atoms with Gasteiger partial charge in [0.25, 0.3) is 0 Å². The maximum absolute atomic E-state index is 13.2. The highest BCUT2D eigenvalue weighted by molar-refractivity contribution is 6.32. The van der Waals surface area contributed by atoms with Gasteiger partial charge in [0.1, 0.15) is 5.02 Å². The highest BCUT2D eigenvalue weighted by Crippen LogP contribution is 2.30. The summed E-state index contributed by atoms with van der Waals surface area (Å²) >= 11 is 6.38. The molecule has 1 fully saturated rings. The van der Waals surface area contributed by atoms with Crippen LogP contribution in [0.1, 0.15) is 30.4 Å². The molecule has 2 aliphatic rings. The normalized spacial score (nSPS) is 16.0. The van der Waals surface area contributed by atoms with Gasteiger partial charge in [-0.3, -0.25) is 9.78 Å². The number of likely N-dealkylation sites (tertiary alicyclic amines) is 1. The molecule has 0 unspecified atom stereocenters. The summed E-state index contributed by atoms with van der Waals surface area (Å²) in [6.45, 7) is 1.22. The van der Waals surface area contributed by atoms with E-state index in [0.717, 1.165) is 53.1 Å². The summed E-state index contributed by atoms with van der Waals surface area (Å²) in [5.74, 6) is 0.893. The number of aryl methyl sites for hydroxylation is 2. The van der Waals surface area contributed by atoms with Gasteiger partial charge in [-0.1, -0.05) is 29.8 Å². The Bertz CT molecular complexity index is 1600. The largest absolute Gasteiger partial charge is 0.339 e. The number of benzene rings is 2. The molecule has 0 aliphatic carbocycles. The Morgan fingerprint density at radius 3 is 2.74 bits per heavy atom. The van der Waals surface area contributed by atoms with Crippen molar-refractivity contribution in [3.05, 3.63) is 89.3 Å². The predicted octanol–water partition coefficient (Wildman–Crippen LogP) is 6.38. The predicted molar refractivity (Wildman–Crippen MR) is 165 cm³/mol. The van der Waals surface area contributed by atoms with Crippen LogP contribution in [-0.4, -0.2) is 44.9 Å². The molecule has 11 heteroatoms. The fourth-order valence-electron chi connectivity index (χ4n) is 5.36. The Kier molecular flexibility index (Phi) is 8.14. The topological polar surface area (TPSA) is 124 Å². The summed E-state index contributed by atoms with van der Waals surface area (Å²) in [4.78, 5) is 41.0. The molecular formula is C31H31ClN8O2. The molecular weight excluding hydrogens is 552 g/mol. The van der Waals surface area contributed by atoms with Crippen molar-refractivity contribution in [3.63, 3.8) is 0 Å². The second-order valence-electron chi connectivity index (χ2n) is 10.6. The fraction of sp³-hybridized carbons (Fsp3) is 0.258. The number of nitrogens with zero attached hydrogens (tertiary/aromatic N) is 4. The molecule has 1 atom stereocenters. The summed E-state index contributed by atoms with van der Waals surface area (Å²) in [6.07, 6.45) is 8.61. The van der Waals surface area contributed by atoms with Crippen LogP contribution >= 0.6 is 11.6 Å². The van der Waals surface area contributed by atoms with Gasteiger partial charge in [-0.2, -0.15) is 4.98 Å². The monoisotopic (exact) mass is 582 g/mol. The molecule has 1 saturated heterocycles. The van der Waals surface area contributed by atoms with Crippen LogP contribution in [0.2, 0.25) is 5.02 Å². The molecule has 6 bridgehead atoms. The van der Waals surface area contributed by atoms with E-state index in [2.05, 4.69) is 36.2 Å². The van der Waals surface area contributed by atoms with E-state index >= 15 is 0 Å². The van der Waals surface area contributed by atoms with Crippen molar-refractivity contribution in [3.8, 4) is 0 Å². The van der Waals surface area contributed by atoms with Crippen LogP contribution in [0, 0.1) is 5.92 Å². The molecule has 0 spiro atoms. The van der Waals surface area contributed by atoms with Gasteiger partial charge in [0.2, 0.25) is 11.9 Å². The van der Waals surface area contributed by atoms with E-state index in [4.69, 9.17) is 11.6 Å². The van der Waals surface area contributed by atoms with E-state index in [1.165, 1.54) is 0 Å². The Balaban J connectivity index is 1.16. The number of aromatic nitrogens is 3. The first-order valence-electron chi connectivity index (χ1n) is 14.0. The lowest BCUT2D eigenvalue weighted by Gasteiger charge is -2.32. The summed E-state index contributed by atoms with van der Waals surface area (Å²) in [5.41, 5.74) is 5.11. The maximum Gasteiger partial charge on any atom is 0.321 e. The molecule has 4 heterocycles. The smallest absolute Gasteiger partial charge is 0.321 e. The van der Waals surface area contributed by atoms with Crippen molar-refractivity contribution >= 4 is 58.1 Å².